The fraction of sp³-hybridized carbons (Fsp3) is 0.538. The zero-order chi connectivity index (χ0) is 18.1. The molecule has 134 valence electrons. The van der Waals surface area contributed by atoms with E-state index in [2.05, 4.69) is 20.6 Å². The molecule has 0 aromatic carbocycles. The summed E-state index contributed by atoms with van der Waals surface area (Å²) in [5.74, 6) is -0.662. The van der Waals surface area contributed by atoms with Crippen molar-refractivity contribution in [2.75, 3.05) is 51.2 Å². The molecule has 0 aliphatic carbocycles. The molecule has 0 aliphatic rings. The summed E-state index contributed by atoms with van der Waals surface area (Å²) in [6.45, 7) is 2.33. The molecule has 0 unspecified atom stereocenters. The van der Waals surface area contributed by atoms with Gasteiger partial charge < -0.3 is 32.7 Å². The highest BCUT2D eigenvalue weighted by Gasteiger charge is 2.15. The third-order valence-electron chi connectivity index (χ3n) is 3.09. The minimum Gasteiger partial charge on any atom is -0.382 e. The van der Waals surface area contributed by atoms with Crippen LogP contribution in [0.15, 0.2) is 0 Å². The van der Waals surface area contributed by atoms with E-state index in [4.69, 9.17) is 28.8 Å². The molecule has 1 aromatic heterocycles. The molecule has 0 radical (unpaired) electrons. The Morgan fingerprint density at radius 1 is 1.12 bits per heavy atom. The number of rotatable bonds is 9. The number of likely N-dealkylation sites (N-methyl/N-ethyl adjacent to an activating group) is 1. The third kappa shape index (κ3) is 6.52. The van der Waals surface area contributed by atoms with Gasteiger partial charge in [-0.2, -0.15) is 0 Å². The Morgan fingerprint density at radius 2 is 1.83 bits per heavy atom. The van der Waals surface area contributed by atoms with E-state index in [1.54, 1.807) is 0 Å². The number of nitrogens with zero attached hydrogens (tertiary/aromatic N) is 3. The fourth-order valence-electron chi connectivity index (χ4n) is 1.76. The molecule has 0 saturated heterocycles. The van der Waals surface area contributed by atoms with Crippen molar-refractivity contribution in [2.45, 2.75) is 6.42 Å². The van der Waals surface area contributed by atoms with Crippen LogP contribution in [0.2, 0.25) is 5.15 Å². The normalized spacial score (nSPS) is 10.7. The summed E-state index contributed by atoms with van der Waals surface area (Å²) in [7, 11) is 1.84. The van der Waals surface area contributed by atoms with Crippen LogP contribution < -0.4 is 27.8 Å². The average molecular weight is 359 g/mol. The molecular formula is C13H23ClN8O2. The average Bonchev–Trinajstić information content (AvgIpc) is 2.54. The number of halogens is 1. The standard InChI is InChI=1S/C13H23ClN8O2/c1-22(6-2-8(23)18-4-3-15)7-5-19-13(24)9-11(16)21-12(17)10(14)20-9/h2-7,15H2,1H3,(H,18,23)(H,19,24)(H4,16,17,21). The van der Waals surface area contributed by atoms with Gasteiger partial charge in [0.25, 0.3) is 5.91 Å². The number of anilines is 2. The first-order valence-corrected chi connectivity index (χ1v) is 7.75. The van der Waals surface area contributed by atoms with E-state index in [1.165, 1.54) is 0 Å². The van der Waals surface area contributed by atoms with Crippen molar-refractivity contribution >= 4 is 35.1 Å². The van der Waals surface area contributed by atoms with Gasteiger partial charge in [0.05, 0.1) is 0 Å². The van der Waals surface area contributed by atoms with Gasteiger partial charge in [0.15, 0.2) is 22.5 Å². The first-order chi connectivity index (χ1) is 11.3. The minimum absolute atomic E-state index is 0.0293. The van der Waals surface area contributed by atoms with Gasteiger partial charge in [-0.05, 0) is 7.05 Å². The van der Waals surface area contributed by atoms with Gasteiger partial charge in [-0.1, -0.05) is 11.6 Å². The summed E-state index contributed by atoms with van der Waals surface area (Å²) in [4.78, 5) is 32.9. The maximum atomic E-state index is 12.0. The highest BCUT2D eigenvalue weighted by molar-refractivity contribution is 6.31. The van der Waals surface area contributed by atoms with Crippen LogP contribution in [0.5, 0.6) is 0 Å². The molecule has 1 aromatic rings. The Labute approximate surface area is 145 Å². The fourth-order valence-corrected chi connectivity index (χ4v) is 1.88. The van der Waals surface area contributed by atoms with Crippen molar-refractivity contribution < 1.29 is 9.59 Å². The Bertz CT molecular complexity index is 583. The lowest BCUT2D eigenvalue weighted by Crippen LogP contribution is -2.36. The van der Waals surface area contributed by atoms with Crippen LogP contribution in [0, 0.1) is 0 Å². The summed E-state index contributed by atoms with van der Waals surface area (Å²) in [5.41, 5.74) is 16.3. The van der Waals surface area contributed by atoms with Gasteiger partial charge >= 0.3 is 0 Å². The van der Waals surface area contributed by atoms with Gasteiger partial charge in [0, 0.05) is 39.1 Å². The molecule has 11 heteroatoms. The molecule has 0 aliphatic heterocycles. The zero-order valence-corrected chi connectivity index (χ0v) is 14.3. The summed E-state index contributed by atoms with van der Waals surface area (Å²) < 4.78 is 0. The molecule has 0 spiro atoms. The summed E-state index contributed by atoms with van der Waals surface area (Å²) in [5, 5.41) is 5.27. The number of nitrogen functional groups attached to an aromatic ring is 2. The van der Waals surface area contributed by atoms with Gasteiger partial charge in [-0.15, -0.1) is 0 Å². The summed E-state index contributed by atoms with van der Waals surface area (Å²) >= 11 is 5.73. The predicted molar refractivity (Wildman–Crippen MR) is 92.4 cm³/mol. The Hall–Kier alpha value is -2.17. The van der Waals surface area contributed by atoms with E-state index in [0.29, 0.717) is 39.1 Å². The second-order valence-electron chi connectivity index (χ2n) is 5.08. The molecule has 8 N–H and O–H groups in total. The van der Waals surface area contributed by atoms with Crippen molar-refractivity contribution in [3.05, 3.63) is 10.8 Å². The highest BCUT2D eigenvalue weighted by atomic mass is 35.5. The predicted octanol–water partition coefficient (Wildman–Crippen LogP) is -1.58. The van der Waals surface area contributed by atoms with Crippen molar-refractivity contribution in [1.29, 1.82) is 0 Å². The van der Waals surface area contributed by atoms with E-state index in [0.717, 1.165) is 0 Å². The van der Waals surface area contributed by atoms with Crippen LogP contribution in [0.3, 0.4) is 0 Å². The number of nitrogens with one attached hydrogen (secondary N) is 2. The number of hydrogen-bond donors (Lipinski definition) is 5. The summed E-state index contributed by atoms with van der Waals surface area (Å²) in [6.07, 6.45) is 0.358. The topological polar surface area (TPSA) is 165 Å². The molecule has 0 bridgehead atoms. The number of hydrogen-bond acceptors (Lipinski definition) is 8. The minimum atomic E-state index is -0.490. The first-order valence-electron chi connectivity index (χ1n) is 7.37. The lowest BCUT2D eigenvalue weighted by molar-refractivity contribution is -0.121. The van der Waals surface area contributed by atoms with E-state index >= 15 is 0 Å². The van der Waals surface area contributed by atoms with Crippen LogP contribution in [0.1, 0.15) is 16.9 Å². The largest absolute Gasteiger partial charge is 0.382 e. The lowest BCUT2D eigenvalue weighted by Gasteiger charge is -2.16. The first kappa shape index (κ1) is 19.9. The molecule has 0 atom stereocenters. The SMILES string of the molecule is CN(CCNC(=O)c1nc(Cl)c(N)nc1N)CCC(=O)NCCN. The Kier molecular flexibility index (Phi) is 8.16. The van der Waals surface area contributed by atoms with Gasteiger partial charge in [-0.25, -0.2) is 9.97 Å². The van der Waals surface area contributed by atoms with Gasteiger partial charge in [0.1, 0.15) is 0 Å². The second-order valence-corrected chi connectivity index (χ2v) is 5.44. The number of nitrogens with two attached hydrogens (primary N) is 3. The third-order valence-corrected chi connectivity index (χ3v) is 3.36. The molecule has 0 fully saturated rings. The van der Waals surface area contributed by atoms with E-state index in [-0.39, 0.29) is 28.4 Å². The van der Waals surface area contributed by atoms with Crippen LogP contribution in [-0.2, 0) is 4.79 Å². The van der Waals surface area contributed by atoms with Gasteiger partial charge in [-0.3, -0.25) is 9.59 Å². The Morgan fingerprint density at radius 3 is 2.50 bits per heavy atom. The van der Waals surface area contributed by atoms with Crippen LogP contribution in [-0.4, -0.2) is 66.5 Å². The highest BCUT2D eigenvalue weighted by Crippen LogP contribution is 2.16. The number of amides is 2. The van der Waals surface area contributed by atoms with Crippen molar-refractivity contribution in [3.8, 4) is 0 Å². The van der Waals surface area contributed by atoms with E-state index < -0.39 is 5.91 Å². The van der Waals surface area contributed by atoms with E-state index in [9.17, 15) is 9.59 Å². The van der Waals surface area contributed by atoms with Crippen LogP contribution >= 0.6 is 11.6 Å². The van der Waals surface area contributed by atoms with Crippen molar-refractivity contribution in [1.82, 2.24) is 25.5 Å². The van der Waals surface area contributed by atoms with Crippen LogP contribution in [0.25, 0.3) is 0 Å². The second kappa shape index (κ2) is 9.85. The number of aromatic nitrogens is 2. The Balaban J connectivity index is 2.35. The van der Waals surface area contributed by atoms with Crippen molar-refractivity contribution in [2.24, 2.45) is 5.73 Å². The quantitative estimate of drug-likeness (QED) is 0.352. The molecule has 0 saturated carbocycles. The summed E-state index contributed by atoms with van der Waals surface area (Å²) in [6, 6.07) is 0. The zero-order valence-electron chi connectivity index (χ0n) is 13.5. The van der Waals surface area contributed by atoms with E-state index in [1.807, 2.05) is 11.9 Å². The molecule has 10 nitrogen and oxygen atoms in total. The molecule has 1 heterocycles. The monoisotopic (exact) mass is 358 g/mol. The molecule has 1 rings (SSSR count). The molecular weight excluding hydrogens is 336 g/mol. The number of carbonyl (C=O) groups is 2. The van der Waals surface area contributed by atoms with Crippen molar-refractivity contribution in [3.63, 3.8) is 0 Å². The smallest absolute Gasteiger partial charge is 0.273 e. The maximum absolute atomic E-state index is 12.0. The number of carbonyl (C=O) groups excluding carboxylic acids is 2. The lowest BCUT2D eigenvalue weighted by atomic mass is 10.3. The van der Waals surface area contributed by atoms with Gasteiger partial charge in [0.2, 0.25) is 5.91 Å². The van der Waals surface area contributed by atoms with Crippen LogP contribution in [0.4, 0.5) is 11.6 Å². The molecule has 24 heavy (non-hydrogen) atoms. The maximum Gasteiger partial charge on any atom is 0.273 e. The molecule has 2 amide bonds.